The summed E-state index contributed by atoms with van der Waals surface area (Å²) >= 11 is 0. The predicted octanol–water partition coefficient (Wildman–Crippen LogP) is 2.84. The van der Waals surface area contributed by atoms with Gasteiger partial charge < -0.3 is 10.2 Å². The third-order valence-corrected chi connectivity index (χ3v) is 5.16. The van der Waals surface area contributed by atoms with E-state index in [2.05, 4.69) is 10.2 Å². The van der Waals surface area contributed by atoms with Crippen LogP contribution in [-0.2, 0) is 11.3 Å². The molecule has 142 valence electrons. The Kier molecular flexibility index (Phi) is 9.14. The van der Waals surface area contributed by atoms with Gasteiger partial charge in [-0.15, -0.1) is 24.8 Å². The maximum atomic E-state index is 13.0. The van der Waals surface area contributed by atoms with Crippen LogP contribution in [0.4, 0.5) is 4.39 Å². The van der Waals surface area contributed by atoms with Gasteiger partial charge in [0, 0.05) is 25.7 Å². The highest BCUT2D eigenvalue weighted by Gasteiger charge is 2.34. The Morgan fingerprint density at radius 3 is 2.36 bits per heavy atom. The summed E-state index contributed by atoms with van der Waals surface area (Å²) in [5.41, 5.74) is 1.07. The molecule has 2 aliphatic heterocycles. The molecular formula is C18H28Cl2FN3O. The molecule has 1 unspecified atom stereocenters. The van der Waals surface area contributed by atoms with E-state index in [0.29, 0.717) is 6.04 Å². The van der Waals surface area contributed by atoms with Crippen LogP contribution in [0.3, 0.4) is 0 Å². The summed E-state index contributed by atoms with van der Waals surface area (Å²) in [6.45, 7) is 3.38. The normalized spacial score (nSPS) is 21.5. The van der Waals surface area contributed by atoms with Crippen molar-refractivity contribution in [2.45, 2.75) is 44.3 Å². The van der Waals surface area contributed by atoms with E-state index in [1.165, 1.54) is 12.1 Å². The van der Waals surface area contributed by atoms with Crippen molar-refractivity contribution in [3.8, 4) is 0 Å². The fraction of sp³-hybridized carbons (Fsp3) is 0.611. The van der Waals surface area contributed by atoms with Gasteiger partial charge in [0.1, 0.15) is 5.82 Å². The minimum atomic E-state index is -0.213. The maximum absolute atomic E-state index is 13.0. The van der Waals surface area contributed by atoms with E-state index in [9.17, 15) is 9.18 Å². The second-order valence-electron chi connectivity index (χ2n) is 6.64. The zero-order chi connectivity index (χ0) is 16.2. The van der Waals surface area contributed by atoms with E-state index in [1.807, 2.05) is 24.1 Å². The van der Waals surface area contributed by atoms with Gasteiger partial charge in [-0.25, -0.2) is 4.39 Å². The fourth-order valence-corrected chi connectivity index (χ4v) is 3.72. The highest BCUT2D eigenvalue weighted by molar-refractivity contribution is 5.85. The van der Waals surface area contributed by atoms with Gasteiger partial charge in [-0.2, -0.15) is 0 Å². The molecule has 2 saturated heterocycles. The molecule has 7 heteroatoms. The summed E-state index contributed by atoms with van der Waals surface area (Å²) in [7, 11) is 1.99. The first-order valence-corrected chi connectivity index (χ1v) is 8.62. The number of nitrogens with one attached hydrogen (secondary N) is 1. The molecule has 0 aromatic heterocycles. The summed E-state index contributed by atoms with van der Waals surface area (Å²) in [4.78, 5) is 17.1. The number of amides is 1. The predicted molar refractivity (Wildman–Crippen MR) is 103 cm³/mol. The average molecular weight is 392 g/mol. The first kappa shape index (κ1) is 22.2. The van der Waals surface area contributed by atoms with Crippen LogP contribution in [0.5, 0.6) is 0 Å². The largest absolute Gasteiger partial charge is 0.341 e. The Labute approximate surface area is 162 Å². The highest BCUT2D eigenvalue weighted by atomic mass is 35.5. The van der Waals surface area contributed by atoms with Crippen LogP contribution in [0.15, 0.2) is 24.3 Å². The topological polar surface area (TPSA) is 35.6 Å². The van der Waals surface area contributed by atoms with Crippen LogP contribution in [0.2, 0.25) is 0 Å². The van der Waals surface area contributed by atoms with Gasteiger partial charge >= 0.3 is 0 Å². The van der Waals surface area contributed by atoms with E-state index in [4.69, 9.17) is 0 Å². The lowest BCUT2D eigenvalue weighted by Crippen LogP contribution is -2.50. The Morgan fingerprint density at radius 2 is 1.76 bits per heavy atom. The van der Waals surface area contributed by atoms with E-state index < -0.39 is 0 Å². The monoisotopic (exact) mass is 391 g/mol. The second kappa shape index (κ2) is 10.3. The number of carbonyl (C=O) groups is 1. The highest BCUT2D eigenvalue weighted by Crippen LogP contribution is 2.23. The van der Waals surface area contributed by atoms with Crippen molar-refractivity contribution < 1.29 is 9.18 Å². The molecule has 2 heterocycles. The van der Waals surface area contributed by atoms with Gasteiger partial charge in [0.05, 0.1) is 6.04 Å². The van der Waals surface area contributed by atoms with Crippen molar-refractivity contribution in [2.75, 3.05) is 26.7 Å². The number of nitrogens with zero attached hydrogens (tertiary/aromatic N) is 2. The molecule has 0 aliphatic carbocycles. The lowest BCUT2D eigenvalue weighted by molar-refractivity contribution is -0.137. The lowest BCUT2D eigenvalue weighted by Gasteiger charge is -2.35. The van der Waals surface area contributed by atoms with Gasteiger partial charge in [0.25, 0.3) is 0 Å². The SMILES string of the molecule is CNC1CCN(C(=O)C2CCCN2Cc2ccc(F)cc2)CC1.Cl.Cl. The van der Waals surface area contributed by atoms with Crippen molar-refractivity contribution in [3.05, 3.63) is 35.6 Å². The number of hydrogen-bond acceptors (Lipinski definition) is 3. The van der Waals surface area contributed by atoms with Crippen molar-refractivity contribution >= 4 is 30.7 Å². The number of piperidine rings is 1. The number of halogens is 3. The molecule has 0 saturated carbocycles. The molecule has 1 atom stereocenters. The Hall–Kier alpha value is -0.880. The summed E-state index contributed by atoms with van der Waals surface area (Å²) in [6.07, 6.45) is 4.07. The van der Waals surface area contributed by atoms with Crippen LogP contribution in [-0.4, -0.2) is 54.5 Å². The van der Waals surface area contributed by atoms with Crippen LogP contribution in [0, 0.1) is 5.82 Å². The van der Waals surface area contributed by atoms with Crippen molar-refractivity contribution in [3.63, 3.8) is 0 Å². The van der Waals surface area contributed by atoms with Crippen LogP contribution < -0.4 is 5.32 Å². The molecular weight excluding hydrogens is 364 g/mol. The maximum Gasteiger partial charge on any atom is 0.239 e. The van der Waals surface area contributed by atoms with Crippen molar-refractivity contribution in [2.24, 2.45) is 0 Å². The average Bonchev–Trinajstić information content (AvgIpc) is 3.04. The van der Waals surface area contributed by atoms with Gasteiger partial charge in [-0.1, -0.05) is 12.1 Å². The Balaban J connectivity index is 0.00000156. The Bertz CT molecular complexity index is 536. The first-order valence-electron chi connectivity index (χ1n) is 8.62. The third-order valence-electron chi connectivity index (χ3n) is 5.16. The molecule has 1 amide bonds. The molecule has 1 aromatic rings. The van der Waals surface area contributed by atoms with Crippen LogP contribution in [0.25, 0.3) is 0 Å². The molecule has 2 aliphatic rings. The third kappa shape index (κ3) is 5.55. The first-order chi connectivity index (χ1) is 11.2. The zero-order valence-electron chi connectivity index (χ0n) is 14.6. The summed E-state index contributed by atoms with van der Waals surface area (Å²) in [5.74, 6) is 0.0642. The molecule has 25 heavy (non-hydrogen) atoms. The van der Waals surface area contributed by atoms with Crippen LogP contribution >= 0.6 is 24.8 Å². The second-order valence-corrected chi connectivity index (χ2v) is 6.64. The van der Waals surface area contributed by atoms with E-state index in [-0.39, 0.29) is 42.6 Å². The van der Waals surface area contributed by atoms with E-state index in [0.717, 1.165) is 57.4 Å². The molecule has 4 nitrogen and oxygen atoms in total. The molecule has 1 aromatic carbocycles. The van der Waals surface area contributed by atoms with Gasteiger partial charge in [-0.3, -0.25) is 9.69 Å². The van der Waals surface area contributed by atoms with Gasteiger partial charge in [0.15, 0.2) is 0 Å². The molecule has 2 fully saturated rings. The number of likely N-dealkylation sites (tertiary alicyclic amines) is 2. The molecule has 0 radical (unpaired) electrons. The van der Waals surface area contributed by atoms with Crippen LogP contribution in [0.1, 0.15) is 31.2 Å². The summed E-state index contributed by atoms with van der Waals surface area (Å²) in [6, 6.07) is 7.14. The zero-order valence-corrected chi connectivity index (χ0v) is 16.3. The smallest absolute Gasteiger partial charge is 0.239 e. The summed E-state index contributed by atoms with van der Waals surface area (Å²) < 4.78 is 13.0. The Morgan fingerprint density at radius 1 is 1.12 bits per heavy atom. The van der Waals surface area contributed by atoms with E-state index in [1.54, 1.807) is 0 Å². The van der Waals surface area contributed by atoms with Crippen molar-refractivity contribution in [1.82, 2.24) is 15.1 Å². The molecule has 0 spiro atoms. The minimum absolute atomic E-state index is 0. The number of hydrogen-bond donors (Lipinski definition) is 1. The van der Waals surface area contributed by atoms with E-state index >= 15 is 0 Å². The number of benzene rings is 1. The summed E-state index contributed by atoms with van der Waals surface area (Å²) in [5, 5.41) is 3.30. The van der Waals surface area contributed by atoms with Gasteiger partial charge in [0.2, 0.25) is 5.91 Å². The molecule has 3 rings (SSSR count). The lowest BCUT2D eigenvalue weighted by atomic mass is 10.0. The quantitative estimate of drug-likeness (QED) is 0.856. The van der Waals surface area contributed by atoms with Gasteiger partial charge in [-0.05, 0) is 57.0 Å². The fourth-order valence-electron chi connectivity index (χ4n) is 3.72. The number of rotatable bonds is 4. The number of carbonyl (C=O) groups excluding carboxylic acids is 1. The molecule has 0 bridgehead atoms. The molecule has 1 N–H and O–H groups in total. The minimum Gasteiger partial charge on any atom is -0.341 e. The van der Waals surface area contributed by atoms with Crippen molar-refractivity contribution in [1.29, 1.82) is 0 Å². The standard InChI is InChI=1S/C18H26FN3O.2ClH/c1-20-16-8-11-21(12-9-16)18(23)17-3-2-10-22(17)13-14-4-6-15(19)7-5-14;;/h4-7,16-17,20H,2-3,8-13H2,1H3;2*1H.